The Hall–Kier alpha value is -3.16. The summed E-state index contributed by atoms with van der Waals surface area (Å²) in [7, 11) is 4.34. The number of aromatic carboxylic acids is 1. The molecule has 0 bridgehead atoms. The molecule has 1 aromatic heterocycles. The zero-order valence-electron chi connectivity index (χ0n) is 13.4. The number of amides is 1. The number of carbonyl (C=O) groups excluding carboxylic acids is 1. The summed E-state index contributed by atoms with van der Waals surface area (Å²) >= 11 is 0. The zero-order valence-corrected chi connectivity index (χ0v) is 13.4. The molecule has 0 atom stereocenters. The van der Waals surface area contributed by atoms with Crippen molar-refractivity contribution in [1.29, 1.82) is 0 Å². The molecule has 0 saturated carbocycles. The number of hydrogen-bond donors (Lipinski definition) is 2. The van der Waals surface area contributed by atoms with Crippen LogP contribution in [-0.4, -0.2) is 38.3 Å². The highest BCUT2D eigenvalue weighted by Gasteiger charge is 2.20. The number of carbonyl (C=O) groups is 2. The fraction of sp³-hybridized carbons (Fsp3) is 0.250. The molecule has 8 heteroatoms. The van der Waals surface area contributed by atoms with Gasteiger partial charge in [0.1, 0.15) is 5.76 Å². The fourth-order valence-corrected chi connectivity index (χ4v) is 2.13. The molecule has 2 rings (SSSR count). The summed E-state index contributed by atoms with van der Waals surface area (Å²) in [5, 5.41) is 11.4. The van der Waals surface area contributed by atoms with Crippen LogP contribution < -0.4 is 19.5 Å². The van der Waals surface area contributed by atoms with Gasteiger partial charge in [0.2, 0.25) is 11.5 Å². The van der Waals surface area contributed by atoms with Gasteiger partial charge >= 0.3 is 5.97 Å². The highest BCUT2D eigenvalue weighted by atomic mass is 16.5. The van der Waals surface area contributed by atoms with Crippen LogP contribution in [0.4, 0.5) is 0 Å². The van der Waals surface area contributed by atoms with E-state index in [-0.39, 0.29) is 23.6 Å². The summed E-state index contributed by atoms with van der Waals surface area (Å²) in [6.45, 7) is 0.0314. The number of ether oxygens (including phenoxy) is 3. The van der Waals surface area contributed by atoms with Gasteiger partial charge in [-0.3, -0.25) is 4.79 Å². The number of hydrogen-bond acceptors (Lipinski definition) is 6. The molecule has 2 aromatic rings. The van der Waals surface area contributed by atoms with Gasteiger partial charge < -0.3 is 29.1 Å². The fourth-order valence-electron chi connectivity index (χ4n) is 2.13. The van der Waals surface area contributed by atoms with E-state index >= 15 is 0 Å². The lowest BCUT2D eigenvalue weighted by Gasteiger charge is -2.15. The molecule has 0 unspecified atom stereocenters. The quantitative estimate of drug-likeness (QED) is 0.796. The molecule has 0 spiro atoms. The monoisotopic (exact) mass is 335 g/mol. The average Bonchev–Trinajstić information content (AvgIpc) is 3.07. The van der Waals surface area contributed by atoms with Crippen LogP contribution >= 0.6 is 0 Å². The first kappa shape index (κ1) is 17.2. The van der Waals surface area contributed by atoms with Crippen molar-refractivity contribution in [2.75, 3.05) is 21.3 Å². The van der Waals surface area contributed by atoms with E-state index in [2.05, 4.69) is 5.32 Å². The number of benzene rings is 1. The molecule has 0 radical (unpaired) electrons. The number of carboxylic acids is 1. The predicted molar refractivity (Wildman–Crippen MR) is 82.9 cm³/mol. The highest BCUT2D eigenvalue weighted by molar-refractivity contribution is 5.98. The van der Waals surface area contributed by atoms with Crippen molar-refractivity contribution < 1.29 is 33.3 Å². The van der Waals surface area contributed by atoms with Crippen molar-refractivity contribution in [3.8, 4) is 17.2 Å². The van der Waals surface area contributed by atoms with Gasteiger partial charge in [-0.1, -0.05) is 0 Å². The molecule has 0 aliphatic carbocycles. The van der Waals surface area contributed by atoms with Crippen LogP contribution in [0.5, 0.6) is 17.2 Å². The smallest absolute Gasteiger partial charge is 0.371 e. The second-order valence-electron chi connectivity index (χ2n) is 4.64. The van der Waals surface area contributed by atoms with Crippen LogP contribution in [0.2, 0.25) is 0 Å². The Morgan fingerprint density at radius 2 is 1.75 bits per heavy atom. The number of nitrogens with one attached hydrogen (secondary N) is 1. The Balaban J connectivity index is 2.18. The minimum Gasteiger partial charge on any atom is -0.493 e. The average molecular weight is 335 g/mol. The van der Waals surface area contributed by atoms with Gasteiger partial charge in [-0.25, -0.2) is 4.79 Å². The molecule has 0 aliphatic heterocycles. The summed E-state index contributed by atoms with van der Waals surface area (Å²) in [4.78, 5) is 23.1. The number of furan rings is 1. The van der Waals surface area contributed by atoms with E-state index in [0.29, 0.717) is 17.3 Å². The molecule has 1 heterocycles. The highest BCUT2D eigenvalue weighted by Crippen LogP contribution is 2.39. The van der Waals surface area contributed by atoms with Gasteiger partial charge in [0, 0.05) is 0 Å². The standard InChI is InChI=1S/C16H17NO7/c1-21-11-7-5-10(13(22-2)14(11)23-3)15(18)17-8-9-4-6-12(24-9)16(19)20/h4-7H,8H2,1-3H3,(H,17,18)(H,19,20). The first-order valence-corrected chi connectivity index (χ1v) is 6.91. The van der Waals surface area contributed by atoms with E-state index in [4.69, 9.17) is 23.7 Å². The van der Waals surface area contributed by atoms with E-state index in [1.54, 1.807) is 12.1 Å². The van der Waals surface area contributed by atoms with Crippen LogP contribution in [0, 0.1) is 0 Å². The molecule has 1 amide bonds. The third kappa shape index (κ3) is 3.43. The maximum absolute atomic E-state index is 12.4. The third-order valence-corrected chi connectivity index (χ3v) is 3.24. The van der Waals surface area contributed by atoms with E-state index in [1.165, 1.54) is 33.5 Å². The Kier molecular flexibility index (Phi) is 5.31. The van der Waals surface area contributed by atoms with Crippen molar-refractivity contribution in [2.24, 2.45) is 0 Å². The first-order valence-electron chi connectivity index (χ1n) is 6.91. The van der Waals surface area contributed by atoms with Crippen molar-refractivity contribution in [3.05, 3.63) is 41.3 Å². The molecule has 128 valence electrons. The SMILES string of the molecule is COc1ccc(C(=O)NCc2ccc(C(=O)O)o2)c(OC)c1OC. The number of carboxylic acid groups (broad SMARTS) is 1. The number of rotatable bonds is 7. The summed E-state index contributed by atoms with van der Waals surface area (Å²) in [6, 6.07) is 5.93. The molecule has 0 fully saturated rings. The topological polar surface area (TPSA) is 107 Å². The second kappa shape index (κ2) is 7.40. The minimum absolute atomic E-state index is 0.0314. The van der Waals surface area contributed by atoms with Crippen molar-refractivity contribution in [2.45, 2.75) is 6.54 Å². The summed E-state index contributed by atoms with van der Waals surface area (Å²) in [5.41, 5.74) is 0.250. The lowest BCUT2D eigenvalue weighted by atomic mass is 10.1. The summed E-state index contributed by atoms with van der Waals surface area (Å²) < 4.78 is 20.7. The van der Waals surface area contributed by atoms with Crippen LogP contribution in [0.25, 0.3) is 0 Å². The van der Waals surface area contributed by atoms with Gasteiger partial charge in [-0.2, -0.15) is 0 Å². The lowest BCUT2D eigenvalue weighted by Crippen LogP contribution is -2.23. The van der Waals surface area contributed by atoms with Crippen LogP contribution in [0.15, 0.2) is 28.7 Å². The van der Waals surface area contributed by atoms with E-state index in [9.17, 15) is 9.59 Å². The summed E-state index contributed by atoms with van der Waals surface area (Å²) in [6.07, 6.45) is 0. The second-order valence-corrected chi connectivity index (χ2v) is 4.64. The predicted octanol–water partition coefficient (Wildman–Crippen LogP) is 1.93. The molecule has 2 N–H and O–H groups in total. The lowest BCUT2D eigenvalue weighted by molar-refractivity contribution is 0.0660. The Morgan fingerprint density at radius 3 is 2.29 bits per heavy atom. The normalized spacial score (nSPS) is 10.1. The zero-order chi connectivity index (χ0) is 17.7. The van der Waals surface area contributed by atoms with Gasteiger partial charge in [-0.05, 0) is 24.3 Å². The van der Waals surface area contributed by atoms with Crippen LogP contribution in [0.1, 0.15) is 26.7 Å². The summed E-state index contributed by atoms with van der Waals surface area (Å²) in [5.74, 6) is -0.500. The third-order valence-electron chi connectivity index (χ3n) is 3.24. The largest absolute Gasteiger partial charge is 0.493 e. The van der Waals surface area contributed by atoms with E-state index < -0.39 is 11.9 Å². The molecular weight excluding hydrogens is 318 g/mol. The molecule has 24 heavy (non-hydrogen) atoms. The minimum atomic E-state index is -1.17. The van der Waals surface area contributed by atoms with E-state index in [1.807, 2.05) is 0 Å². The van der Waals surface area contributed by atoms with Gasteiger partial charge in [0.15, 0.2) is 11.5 Å². The first-order chi connectivity index (χ1) is 11.5. The molecule has 1 aromatic carbocycles. The Labute approximate surface area is 137 Å². The molecular formula is C16H17NO7. The maximum Gasteiger partial charge on any atom is 0.371 e. The van der Waals surface area contributed by atoms with Gasteiger partial charge in [-0.15, -0.1) is 0 Å². The number of methoxy groups -OCH3 is 3. The van der Waals surface area contributed by atoms with Crippen LogP contribution in [0.3, 0.4) is 0 Å². The van der Waals surface area contributed by atoms with Gasteiger partial charge in [0.05, 0.1) is 33.4 Å². The Bertz CT molecular complexity index is 751. The molecule has 0 saturated heterocycles. The van der Waals surface area contributed by atoms with Crippen molar-refractivity contribution in [3.63, 3.8) is 0 Å². The van der Waals surface area contributed by atoms with Crippen molar-refractivity contribution >= 4 is 11.9 Å². The van der Waals surface area contributed by atoms with Crippen molar-refractivity contribution in [1.82, 2.24) is 5.32 Å². The molecule has 8 nitrogen and oxygen atoms in total. The van der Waals surface area contributed by atoms with Crippen LogP contribution in [-0.2, 0) is 6.54 Å². The van der Waals surface area contributed by atoms with E-state index in [0.717, 1.165) is 0 Å². The Morgan fingerprint density at radius 1 is 1.04 bits per heavy atom. The maximum atomic E-state index is 12.4. The van der Waals surface area contributed by atoms with Gasteiger partial charge in [0.25, 0.3) is 5.91 Å². The molecule has 0 aliphatic rings.